The Morgan fingerprint density at radius 1 is 1.21 bits per heavy atom. The van der Waals surface area contributed by atoms with Crippen LogP contribution in [0.1, 0.15) is 12.8 Å². The number of benzene rings is 1. The summed E-state index contributed by atoms with van der Waals surface area (Å²) in [5.41, 5.74) is 0.769. The van der Waals surface area contributed by atoms with Crippen LogP contribution in [0.4, 0.5) is 10.5 Å². The number of amides is 3. The highest BCUT2D eigenvalue weighted by Crippen LogP contribution is 2.21. The fraction of sp³-hybridized carbons (Fsp3) is 0.471. The Bertz CT molecular complexity index is 623. The molecule has 1 aromatic rings. The van der Waals surface area contributed by atoms with Crippen molar-refractivity contribution in [2.75, 3.05) is 37.2 Å². The standard InChI is InChI=1S/C17H21N3O3S/c21-15(12-20-9-10-24-17(20)23)19-8-4-5-13(11-19)16(22)18-14-6-2-1-3-7-14/h1-3,6-7,13H,4-5,8-12H2,(H,18,22). The van der Waals surface area contributed by atoms with Gasteiger partial charge in [0.1, 0.15) is 6.54 Å². The Morgan fingerprint density at radius 2 is 2.00 bits per heavy atom. The van der Waals surface area contributed by atoms with Gasteiger partial charge in [-0.3, -0.25) is 14.4 Å². The van der Waals surface area contributed by atoms with Crippen LogP contribution in [0.5, 0.6) is 0 Å². The molecule has 3 rings (SSSR count). The lowest BCUT2D eigenvalue weighted by Gasteiger charge is -2.33. The summed E-state index contributed by atoms with van der Waals surface area (Å²) in [7, 11) is 0. The Balaban J connectivity index is 1.54. The molecule has 0 spiro atoms. The van der Waals surface area contributed by atoms with Crippen LogP contribution in [0.2, 0.25) is 0 Å². The van der Waals surface area contributed by atoms with Gasteiger partial charge in [0.2, 0.25) is 11.8 Å². The van der Waals surface area contributed by atoms with Gasteiger partial charge in [0, 0.05) is 31.1 Å². The molecule has 6 nitrogen and oxygen atoms in total. The number of nitrogens with one attached hydrogen (secondary N) is 1. The minimum atomic E-state index is -0.202. The zero-order valence-electron chi connectivity index (χ0n) is 13.4. The molecule has 0 bridgehead atoms. The molecule has 24 heavy (non-hydrogen) atoms. The van der Waals surface area contributed by atoms with Gasteiger partial charge in [-0.15, -0.1) is 0 Å². The van der Waals surface area contributed by atoms with E-state index in [-0.39, 0.29) is 29.5 Å². The summed E-state index contributed by atoms with van der Waals surface area (Å²) >= 11 is 1.25. The third-order valence-electron chi connectivity index (χ3n) is 4.36. The monoisotopic (exact) mass is 347 g/mol. The lowest BCUT2D eigenvalue weighted by atomic mass is 9.97. The van der Waals surface area contributed by atoms with Crippen molar-refractivity contribution in [3.05, 3.63) is 30.3 Å². The highest BCUT2D eigenvalue weighted by Gasteiger charge is 2.31. The quantitative estimate of drug-likeness (QED) is 0.905. The molecule has 2 aliphatic heterocycles. The lowest BCUT2D eigenvalue weighted by Crippen LogP contribution is -2.47. The van der Waals surface area contributed by atoms with Crippen LogP contribution in [0.3, 0.4) is 0 Å². The first-order chi connectivity index (χ1) is 11.6. The molecular weight excluding hydrogens is 326 g/mol. The normalized spacial score (nSPS) is 21.0. The number of carbonyl (C=O) groups is 3. The van der Waals surface area contributed by atoms with Crippen molar-refractivity contribution in [2.24, 2.45) is 5.92 Å². The Hall–Kier alpha value is -2.02. The lowest BCUT2D eigenvalue weighted by molar-refractivity contribution is -0.135. The van der Waals surface area contributed by atoms with Gasteiger partial charge >= 0.3 is 0 Å². The fourth-order valence-electron chi connectivity index (χ4n) is 3.02. The molecule has 1 unspecified atom stereocenters. The van der Waals surface area contributed by atoms with Gasteiger partial charge in [-0.1, -0.05) is 30.0 Å². The molecule has 0 saturated carbocycles. The van der Waals surface area contributed by atoms with Crippen molar-refractivity contribution in [1.82, 2.24) is 9.80 Å². The van der Waals surface area contributed by atoms with E-state index in [1.54, 1.807) is 9.80 Å². The van der Waals surface area contributed by atoms with E-state index in [0.29, 0.717) is 19.6 Å². The Kier molecular flexibility index (Phi) is 5.40. The number of likely N-dealkylation sites (tertiary alicyclic amines) is 1. The molecule has 2 aliphatic rings. The number of hydrogen-bond donors (Lipinski definition) is 1. The maximum atomic E-state index is 12.4. The number of piperidine rings is 1. The molecular formula is C17H21N3O3S. The number of thioether (sulfide) groups is 1. The largest absolute Gasteiger partial charge is 0.340 e. The summed E-state index contributed by atoms with van der Waals surface area (Å²) in [5, 5.41) is 2.88. The topological polar surface area (TPSA) is 69.7 Å². The number of carbonyl (C=O) groups excluding carboxylic acids is 3. The van der Waals surface area contributed by atoms with E-state index in [9.17, 15) is 14.4 Å². The summed E-state index contributed by atoms with van der Waals surface area (Å²) < 4.78 is 0. The summed E-state index contributed by atoms with van der Waals surface area (Å²) in [6.45, 7) is 1.83. The molecule has 1 N–H and O–H groups in total. The highest BCUT2D eigenvalue weighted by molar-refractivity contribution is 8.13. The zero-order valence-corrected chi connectivity index (χ0v) is 14.3. The smallest absolute Gasteiger partial charge is 0.282 e. The fourth-order valence-corrected chi connectivity index (χ4v) is 3.84. The van der Waals surface area contributed by atoms with Gasteiger partial charge in [-0.25, -0.2) is 0 Å². The number of rotatable bonds is 4. The van der Waals surface area contributed by atoms with E-state index in [0.717, 1.165) is 24.3 Å². The first-order valence-electron chi connectivity index (χ1n) is 8.19. The predicted octanol–water partition coefficient (Wildman–Crippen LogP) is 2.03. The van der Waals surface area contributed by atoms with Gasteiger partial charge in [0.25, 0.3) is 5.24 Å². The molecule has 0 aromatic heterocycles. The van der Waals surface area contributed by atoms with Crippen molar-refractivity contribution in [3.63, 3.8) is 0 Å². The van der Waals surface area contributed by atoms with Gasteiger partial charge in [0.05, 0.1) is 5.92 Å². The minimum absolute atomic E-state index is 0.0290. The van der Waals surface area contributed by atoms with Crippen molar-refractivity contribution in [2.45, 2.75) is 12.8 Å². The third kappa shape index (κ3) is 4.08. The number of nitrogens with zero attached hydrogens (tertiary/aromatic N) is 2. The van der Waals surface area contributed by atoms with E-state index in [1.165, 1.54) is 11.8 Å². The Morgan fingerprint density at radius 3 is 2.71 bits per heavy atom. The average molecular weight is 347 g/mol. The number of para-hydroxylation sites is 1. The molecule has 1 aromatic carbocycles. The zero-order chi connectivity index (χ0) is 16.9. The molecule has 0 radical (unpaired) electrons. The third-order valence-corrected chi connectivity index (χ3v) is 5.25. The van der Waals surface area contributed by atoms with E-state index in [1.807, 2.05) is 30.3 Å². The molecule has 2 saturated heterocycles. The second-order valence-corrected chi connectivity index (χ2v) is 7.12. The summed E-state index contributed by atoms with van der Waals surface area (Å²) in [4.78, 5) is 39.8. The second-order valence-electron chi connectivity index (χ2n) is 6.07. The molecule has 128 valence electrons. The maximum absolute atomic E-state index is 12.4. The maximum Gasteiger partial charge on any atom is 0.282 e. The van der Waals surface area contributed by atoms with Crippen LogP contribution < -0.4 is 5.32 Å². The minimum Gasteiger partial charge on any atom is -0.340 e. The first-order valence-corrected chi connectivity index (χ1v) is 9.17. The van der Waals surface area contributed by atoms with Gasteiger partial charge in [-0.05, 0) is 25.0 Å². The van der Waals surface area contributed by atoms with Gasteiger partial charge in [-0.2, -0.15) is 0 Å². The number of hydrogen-bond acceptors (Lipinski definition) is 4. The van der Waals surface area contributed by atoms with Crippen LogP contribution >= 0.6 is 11.8 Å². The molecule has 1 atom stereocenters. The van der Waals surface area contributed by atoms with Crippen LogP contribution in [0, 0.1) is 5.92 Å². The van der Waals surface area contributed by atoms with Crippen molar-refractivity contribution < 1.29 is 14.4 Å². The van der Waals surface area contributed by atoms with Crippen LogP contribution in [-0.4, -0.2) is 58.8 Å². The molecule has 2 fully saturated rings. The van der Waals surface area contributed by atoms with E-state index < -0.39 is 0 Å². The summed E-state index contributed by atoms with van der Waals surface area (Å²) in [6.07, 6.45) is 1.59. The van der Waals surface area contributed by atoms with Gasteiger partial charge in [0.15, 0.2) is 0 Å². The van der Waals surface area contributed by atoms with E-state index >= 15 is 0 Å². The second kappa shape index (κ2) is 7.70. The predicted molar refractivity (Wildman–Crippen MR) is 93.8 cm³/mol. The molecule has 3 amide bonds. The van der Waals surface area contributed by atoms with Crippen LogP contribution in [-0.2, 0) is 9.59 Å². The van der Waals surface area contributed by atoms with Crippen LogP contribution in [0.25, 0.3) is 0 Å². The molecule has 7 heteroatoms. The molecule has 2 heterocycles. The first kappa shape index (κ1) is 16.8. The highest BCUT2D eigenvalue weighted by atomic mass is 32.2. The van der Waals surface area contributed by atoms with Gasteiger partial charge < -0.3 is 15.1 Å². The van der Waals surface area contributed by atoms with Crippen molar-refractivity contribution in [3.8, 4) is 0 Å². The Labute approximate surface area is 145 Å². The SMILES string of the molecule is O=C(Nc1ccccc1)C1CCCN(C(=O)CN2CCSC2=O)C1. The van der Waals surface area contributed by atoms with E-state index in [2.05, 4.69) is 5.32 Å². The average Bonchev–Trinajstić information content (AvgIpc) is 3.00. The summed E-state index contributed by atoms with van der Waals surface area (Å²) in [5.74, 6) is 0.426. The van der Waals surface area contributed by atoms with Crippen molar-refractivity contribution in [1.29, 1.82) is 0 Å². The number of anilines is 1. The van der Waals surface area contributed by atoms with E-state index in [4.69, 9.17) is 0 Å². The summed E-state index contributed by atoms with van der Waals surface area (Å²) in [6, 6.07) is 9.34. The van der Waals surface area contributed by atoms with Crippen LogP contribution in [0.15, 0.2) is 30.3 Å². The molecule has 0 aliphatic carbocycles. The van der Waals surface area contributed by atoms with Crippen molar-refractivity contribution >= 4 is 34.5 Å².